The first-order valence-electron chi connectivity index (χ1n) is 5.86. The van der Waals surface area contributed by atoms with Crippen LogP contribution in [0.15, 0.2) is 22.7 Å². The lowest BCUT2D eigenvalue weighted by atomic mass is 9.98. The molecule has 0 bridgehead atoms. The highest BCUT2D eigenvalue weighted by Crippen LogP contribution is 2.31. The highest BCUT2D eigenvalue weighted by Gasteiger charge is 2.24. The summed E-state index contributed by atoms with van der Waals surface area (Å²) in [4.78, 5) is 2.46. The van der Waals surface area contributed by atoms with Crippen molar-refractivity contribution in [3.63, 3.8) is 0 Å². The van der Waals surface area contributed by atoms with Crippen molar-refractivity contribution in [3.8, 4) is 0 Å². The number of hydrogen-bond acceptors (Lipinski definition) is 2. The Morgan fingerprint density at radius 2 is 2.19 bits per heavy atom. The maximum atomic E-state index is 6.00. The standard InChI is InChI=1S/C13H19BrN2/c1-9-3-4-12(14)13(7-9)16-6-5-11(15)8-10(16)2/h3-4,7,10-11H,5-6,8,15H2,1-2H3. The molecular weight excluding hydrogens is 264 g/mol. The molecule has 1 aromatic carbocycles. The van der Waals surface area contributed by atoms with Crippen LogP contribution in [0.4, 0.5) is 5.69 Å². The molecule has 1 fully saturated rings. The van der Waals surface area contributed by atoms with Gasteiger partial charge in [-0.15, -0.1) is 0 Å². The molecule has 1 aliphatic rings. The van der Waals surface area contributed by atoms with Gasteiger partial charge in [0.25, 0.3) is 0 Å². The van der Waals surface area contributed by atoms with E-state index >= 15 is 0 Å². The van der Waals surface area contributed by atoms with Crippen LogP contribution in [-0.2, 0) is 0 Å². The number of hydrogen-bond donors (Lipinski definition) is 1. The number of piperidine rings is 1. The number of anilines is 1. The monoisotopic (exact) mass is 282 g/mol. The van der Waals surface area contributed by atoms with Gasteiger partial charge in [0, 0.05) is 23.1 Å². The minimum absolute atomic E-state index is 0.370. The third-order valence-electron chi connectivity index (χ3n) is 3.33. The summed E-state index contributed by atoms with van der Waals surface area (Å²) < 4.78 is 1.18. The third-order valence-corrected chi connectivity index (χ3v) is 4.00. The molecule has 88 valence electrons. The van der Waals surface area contributed by atoms with E-state index in [0.717, 1.165) is 19.4 Å². The second-order valence-electron chi connectivity index (χ2n) is 4.78. The van der Waals surface area contributed by atoms with Crippen LogP contribution in [0.25, 0.3) is 0 Å². The highest BCUT2D eigenvalue weighted by atomic mass is 79.9. The van der Waals surface area contributed by atoms with E-state index in [1.54, 1.807) is 0 Å². The van der Waals surface area contributed by atoms with Crippen LogP contribution in [0.2, 0.25) is 0 Å². The fraction of sp³-hybridized carbons (Fsp3) is 0.538. The van der Waals surface area contributed by atoms with Crippen molar-refractivity contribution in [1.82, 2.24) is 0 Å². The highest BCUT2D eigenvalue weighted by molar-refractivity contribution is 9.10. The van der Waals surface area contributed by atoms with Crippen LogP contribution in [0.1, 0.15) is 25.3 Å². The molecule has 1 heterocycles. The molecule has 0 radical (unpaired) electrons. The summed E-state index contributed by atoms with van der Waals surface area (Å²) in [5.41, 5.74) is 8.61. The van der Waals surface area contributed by atoms with Crippen LogP contribution >= 0.6 is 15.9 Å². The maximum absolute atomic E-state index is 6.00. The van der Waals surface area contributed by atoms with Gasteiger partial charge in [-0.2, -0.15) is 0 Å². The zero-order valence-electron chi connectivity index (χ0n) is 9.91. The number of halogens is 1. The van der Waals surface area contributed by atoms with E-state index in [-0.39, 0.29) is 0 Å². The lowest BCUT2D eigenvalue weighted by molar-refractivity contribution is 0.429. The Hall–Kier alpha value is -0.540. The molecule has 0 spiro atoms. The first-order valence-corrected chi connectivity index (χ1v) is 6.65. The van der Waals surface area contributed by atoms with E-state index in [9.17, 15) is 0 Å². The first kappa shape index (κ1) is 11.9. The molecule has 2 unspecified atom stereocenters. The van der Waals surface area contributed by atoms with E-state index in [1.807, 2.05) is 0 Å². The molecule has 2 N–H and O–H groups in total. The van der Waals surface area contributed by atoms with Gasteiger partial charge >= 0.3 is 0 Å². The fourth-order valence-electron chi connectivity index (χ4n) is 2.41. The smallest absolute Gasteiger partial charge is 0.0515 e. The number of aryl methyl sites for hydroxylation is 1. The minimum atomic E-state index is 0.370. The average molecular weight is 283 g/mol. The largest absolute Gasteiger partial charge is 0.368 e. The quantitative estimate of drug-likeness (QED) is 0.858. The normalized spacial score (nSPS) is 25.9. The molecule has 0 amide bonds. The van der Waals surface area contributed by atoms with E-state index in [2.05, 4.69) is 52.9 Å². The van der Waals surface area contributed by atoms with Crippen LogP contribution < -0.4 is 10.6 Å². The van der Waals surface area contributed by atoms with Gasteiger partial charge in [-0.1, -0.05) is 6.07 Å². The molecule has 0 aromatic heterocycles. The average Bonchev–Trinajstić information content (AvgIpc) is 2.22. The number of benzene rings is 1. The molecule has 2 rings (SSSR count). The van der Waals surface area contributed by atoms with Crippen molar-refractivity contribution >= 4 is 21.6 Å². The summed E-state index contributed by atoms with van der Waals surface area (Å²) in [6.45, 7) is 5.45. The van der Waals surface area contributed by atoms with Gasteiger partial charge < -0.3 is 10.6 Å². The van der Waals surface area contributed by atoms with Gasteiger partial charge in [0.05, 0.1) is 5.69 Å². The summed E-state index contributed by atoms with van der Waals surface area (Å²) in [6.07, 6.45) is 2.17. The van der Waals surface area contributed by atoms with Gasteiger partial charge in [0.1, 0.15) is 0 Å². The van der Waals surface area contributed by atoms with Crippen molar-refractivity contribution in [3.05, 3.63) is 28.2 Å². The topological polar surface area (TPSA) is 29.3 Å². The van der Waals surface area contributed by atoms with Crippen LogP contribution in [0.5, 0.6) is 0 Å². The van der Waals surface area contributed by atoms with Crippen molar-refractivity contribution in [2.75, 3.05) is 11.4 Å². The predicted octanol–water partition coefficient (Wildman–Crippen LogP) is 3.07. The Labute approximate surface area is 106 Å². The lowest BCUT2D eigenvalue weighted by Gasteiger charge is -2.38. The predicted molar refractivity (Wildman–Crippen MR) is 72.9 cm³/mol. The van der Waals surface area contributed by atoms with Gasteiger partial charge in [-0.3, -0.25) is 0 Å². The van der Waals surface area contributed by atoms with Gasteiger partial charge in [-0.25, -0.2) is 0 Å². The summed E-state index contributed by atoms with van der Waals surface area (Å²) >= 11 is 3.64. The Bertz CT molecular complexity index is 378. The summed E-state index contributed by atoms with van der Waals surface area (Å²) in [7, 11) is 0. The van der Waals surface area contributed by atoms with Crippen LogP contribution in [0, 0.1) is 6.92 Å². The molecule has 2 atom stereocenters. The molecule has 2 nitrogen and oxygen atoms in total. The second-order valence-corrected chi connectivity index (χ2v) is 5.64. The van der Waals surface area contributed by atoms with E-state index in [1.165, 1.54) is 15.7 Å². The van der Waals surface area contributed by atoms with E-state index in [4.69, 9.17) is 5.73 Å². The van der Waals surface area contributed by atoms with Crippen molar-refractivity contribution in [1.29, 1.82) is 0 Å². The minimum Gasteiger partial charge on any atom is -0.368 e. The molecule has 1 aliphatic heterocycles. The fourth-order valence-corrected chi connectivity index (χ4v) is 2.88. The Balaban J connectivity index is 2.26. The zero-order chi connectivity index (χ0) is 11.7. The third kappa shape index (κ3) is 2.41. The number of nitrogens with zero attached hydrogens (tertiary/aromatic N) is 1. The Morgan fingerprint density at radius 1 is 1.44 bits per heavy atom. The maximum Gasteiger partial charge on any atom is 0.0515 e. The van der Waals surface area contributed by atoms with Crippen LogP contribution in [0.3, 0.4) is 0 Å². The molecule has 1 aromatic rings. The van der Waals surface area contributed by atoms with Gasteiger partial charge in [-0.05, 0) is 60.3 Å². The first-order chi connectivity index (χ1) is 7.58. The summed E-state index contributed by atoms with van der Waals surface area (Å²) in [5.74, 6) is 0. The Kier molecular flexibility index (Phi) is 3.55. The molecular formula is C13H19BrN2. The molecule has 0 aliphatic carbocycles. The van der Waals surface area contributed by atoms with Crippen molar-refractivity contribution in [2.45, 2.75) is 38.8 Å². The van der Waals surface area contributed by atoms with Crippen molar-refractivity contribution in [2.24, 2.45) is 5.73 Å². The molecule has 3 heteroatoms. The van der Waals surface area contributed by atoms with Gasteiger partial charge in [0.15, 0.2) is 0 Å². The molecule has 16 heavy (non-hydrogen) atoms. The van der Waals surface area contributed by atoms with Gasteiger partial charge in [0.2, 0.25) is 0 Å². The molecule has 0 saturated carbocycles. The van der Waals surface area contributed by atoms with E-state index in [0.29, 0.717) is 12.1 Å². The SMILES string of the molecule is Cc1ccc(Br)c(N2CCC(N)CC2C)c1. The van der Waals surface area contributed by atoms with Crippen LogP contribution in [-0.4, -0.2) is 18.6 Å². The molecule has 1 saturated heterocycles. The number of rotatable bonds is 1. The summed E-state index contributed by atoms with van der Waals surface area (Å²) in [6, 6.07) is 7.41. The van der Waals surface area contributed by atoms with E-state index < -0.39 is 0 Å². The Morgan fingerprint density at radius 3 is 2.88 bits per heavy atom. The number of nitrogens with two attached hydrogens (primary N) is 1. The lowest BCUT2D eigenvalue weighted by Crippen LogP contribution is -2.45. The second kappa shape index (κ2) is 4.76. The zero-order valence-corrected chi connectivity index (χ0v) is 11.5. The van der Waals surface area contributed by atoms with Crippen molar-refractivity contribution < 1.29 is 0 Å². The summed E-state index contributed by atoms with van der Waals surface area (Å²) in [5, 5.41) is 0.